The molecular formula is C12H27N3OS. The zero-order chi connectivity index (χ0) is 13.3. The van der Waals surface area contributed by atoms with Crippen LogP contribution in [0.5, 0.6) is 0 Å². The average Bonchev–Trinajstić information content (AvgIpc) is 2.31. The van der Waals surface area contributed by atoms with Crippen LogP contribution in [-0.2, 0) is 0 Å². The van der Waals surface area contributed by atoms with Crippen molar-refractivity contribution in [2.45, 2.75) is 46.1 Å². The van der Waals surface area contributed by atoms with Gasteiger partial charge in [-0.25, -0.2) is 0 Å². The molecular weight excluding hydrogens is 234 g/mol. The second kappa shape index (κ2) is 8.64. The van der Waals surface area contributed by atoms with Gasteiger partial charge in [-0.05, 0) is 32.1 Å². The fourth-order valence-corrected chi connectivity index (χ4v) is 2.38. The predicted octanol–water partition coefficient (Wildman–Crippen LogP) is 2.27. The van der Waals surface area contributed by atoms with Crippen LogP contribution in [0.3, 0.4) is 0 Å². The van der Waals surface area contributed by atoms with E-state index in [1.54, 1.807) is 0 Å². The van der Waals surface area contributed by atoms with Crippen molar-refractivity contribution in [2.24, 2.45) is 16.3 Å². The third kappa shape index (κ3) is 6.78. The maximum absolute atomic E-state index is 8.67. The van der Waals surface area contributed by atoms with Gasteiger partial charge in [0.05, 0.1) is 0 Å². The molecule has 0 fully saturated rings. The van der Waals surface area contributed by atoms with Crippen molar-refractivity contribution in [1.29, 1.82) is 0 Å². The van der Waals surface area contributed by atoms with Crippen LogP contribution in [0.15, 0.2) is 5.16 Å². The van der Waals surface area contributed by atoms with Crippen molar-refractivity contribution < 1.29 is 5.21 Å². The molecule has 102 valence electrons. The van der Waals surface area contributed by atoms with E-state index in [0.29, 0.717) is 11.9 Å². The second-order valence-electron chi connectivity index (χ2n) is 4.99. The Balaban J connectivity index is 3.84. The van der Waals surface area contributed by atoms with Crippen molar-refractivity contribution in [3.05, 3.63) is 0 Å². The predicted molar refractivity (Wildman–Crippen MR) is 76.9 cm³/mol. The fraction of sp³-hybridized carbons (Fsp3) is 0.917. The Bertz CT molecular complexity index is 232. The Labute approximate surface area is 109 Å². The Morgan fingerprint density at radius 2 is 2.18 bits per heavy atom. The molecule has 0 aromatic heterocycles. The van der Waals surface area contributed by atoms with Gasteiger partial charge in [0.25, 0.3) is 0 Å². The quantitative estimate of drug-likeness (QED) is 0.196. The molecule has 4 N–H and O–H groups in total. The minimum absolute atomic E-state index is 0.225. The smallest absolute Gasteiger partial charge is 0.144 e. The van der Waals surface area contributed by atoms with E-state index in [-0.39, 0.29) is 5.41 Å². The molecule has 0 amide bonds. The zero-order valence-corrected chi connectivity index (χ0v) is 12.3. The molecule has 0 aliphatic carbocycles. The van der Waals surface area contributed by atoms with Gasteiger partial charge in [-0.15, -0.1) is 0 Å². The summed E-state index contributed by atoms with van der Waals surface area (Å²) < 4.78 is 0. The molecule has 0 radical (unpaired) electrons. The van der Waals surface area contributed by atoms with Crippen LogP contribution in [0.2, 0.25) is 0 Å². The maximum Gasteiger partial charge on any atom is 0.144 e. The number of thioether (sulfide) groups is 1. The number of nitrogens with one attached hydrogen (secondary N) is 1. The standard InChI is InChI=1S/C12H27N3OS/c1-5-10(9-17-4)14-8-6-7-12(2,3)11(13)15-16/h10,14,16H,5-9H2,1-4H3,(H2,13,15). The summed E-state index contributed by atoms with van der Waals surface area (Å²) in [4.78, 5) is 0. The number of nitrogens with two attached hydrogens (primary N) is 1. The van der Waals surface area contributed by atoms with Crippen LogP contribution in [0.1, 0.15) is 40.0 Å². The summed E-state index contributed by atoms with van der Waals surface area (Å²) >= 11 is 1.87. The molecule has 0 aromatic carbocycles. The number of amidine groups is 1. The Morgan fingerprint density at radius 1 is 1.53 bits per heavy atom. The third-order valence-electron chi connectivity index (χ3n) is 3.07. The maximum atomic E-state index is 8.67. The molecule has 0 aromatic rings. The van der Waals surface area contributed by atoms with E-state index in [9.17, 15) is 0 Å². The molecule has 0 saturated heterocycles. The van der Waals surface area contributed by atoms with Gasteiger partial charge in [-0.1, -0.05) is 25.9 Å². The zero-order valence-electron chi connectivity index (χ0n) is 11.5. The van der Waals surface area contributed by atoms with E-state index in [2.05, 4.69) is 23.7 Å². The minimum Gasteiger partial charge on any atom is -0.409 e. The van der Waals surface area contributed by atoms with E-state index in [0.717, 1.165) is 31.6 Å². The van der Waals surface area contributed by atoms with E-state index in [1.807, 2.05) is 25.6 Å². The summed E-state index contributed by atoms with van der Waals surface area (Å²) in [5, 5.41) is 15.3. The van der Waals surface area contributed by atoms with Crippen LogP contribution in [0.25, 0.3) is 0 Å². The lowest BCUT2D eigenvalue weighted by Crippen LogP contribution is -2.35. The molecule has 4 nitrogen and oxygen atoms in total. The van der Waals surface area contributed by atoms with Crippen molar-refractivity contribution in [1.82, 2.24) is 5.32 Å². The first-order valence-corrected chi connectivity index (χ1v) is 7.57. The van der Waals surface area contributed by atoms with E-state index in [4.69, 9.17) is 10.9 Å². The number of hydrogen-bond acceptors (Lipinski definition) is 4. The Kier molecular flexibility index (Phi) is 8.43. The summed E-state index contributed by atoms with van der Waals surface area (Å²) in [5.74, 6) is 1.47. The third-order valence-corrected chi connectivity index (χ3v) is 3.81. The van der Waals surface area contributed by atoms with Crippen LogP contribution >= 0.6 is 11.8 Å². The van der Waals surface area contributed by atoms with Crippen LogP contribution < -0.4 is 11.1 Å². The highest BCUT2D eigenvalue weighted by Gasteiger charge is 2.22. The molecule has 0 aliphatic heterocycles. The number of hydrogen-bond donors (Lipinski definition) is 3. The van der Waals surface area contributed by atoms with E-state index < -0.39 is 0 Å². The average molecular weight is 261 g/mol. The molecule has 5 heteroatoms. The largest absolute Gasteiger partial charge is 0.409 e. The van der Waals surface area contributed by atoms with Gasteiger partial charge < -0.3 is 16.3 Å². The molecule has 0 rings (SSSR count). The molecule has 1 unspecified atom stereocenters. The monoisotopic (exact) mass is 261 g/mol. The van der Waals surface area contributed by atoms with Crippen molar-refractivity contribution in [2.75, 3.05) is 18.6 Å². The van der Waals surface area contributed by atoms with Gasteiger partial charge in [0.1, 0.15) is 5.84 Å². The first-order chi connectivity index (χ1) is 7.97. The van der Waals surface area contributed by atoms with Gasteiger partial charge in [0.2, 0.25) is 0 Å². The SMILES string of the molecule is CCC(CSC)NCCCC(C)(C)C(N)=NO. The van der Waals surface area contributed by atoms with Crippen molar-refractivity contribution >= 4 is 17.6 Å². The first-order valence-electron chi connectivity index (χ1n) is 6.18. The van der Waals surface area contributed by atoms with Crippen molar-refractivity contribution in [3.63, 3.8) is 0 Å². The highest BCUT2D eigenvalue weighted by molar-refractivity contribution is 7.98. The molecule has 1 atom stereocenters. The second-order valence-corrected chi connectivity index (χ2v) is 5.90. The number of nitrogens with zero attached hydrogens (tertiary/aromatic N) is 1. The lowest BCUT2D eigenvalue weighted by molar-refractivity contribution is 0.304. The lowest BCUT2D eigenvalue weighted by Gasteiger charge is -2.23. The summed E-state index contributed by atoms with van der Waals surface area (Å²) in [6, 6.07) is 0.594. The van der Waals surface area contributed by atoms with E-state index >= 15 is 0 Å². The van der Waals surface area contributed by atoms with Gasteiger partial charge in [-0.2, -0.15) is 11.8 Å². The molecule has 0 saturated carbocycles. The van der Waals surface area contributed by atoms with Gasteiger partial charge >= 0.3 is 0 Å². The van der Waals surface area contributed by atoms with Crippen LogP contribution in [-0.4, -0.2) is 35.6 Å². The topological polar surface area (TPSA) is 70.6 Å². The van der Waals surface area contributed by atoms with Crippen LogP contribution in [0.4, 0.5) is 0 Å². The summed E-state index contributed by atoms with van der Waals surface area (Å²) in [5.41, 5.74) is 5.42. The molecule has 0 heterocycles. The van der Waals surface area contributed by atoms with Gasteiger partial charge in [0.15, 0.2) is 0 Å². The Morgan fingerprint density at radius 3 is 2.65 bits per heavy atom. The molecule has 17 heavy (non-hydrogen) atoms. The Hall–Kier alpha value is -0.420. The molecule has 0 aliphatic rings. The van der Waals surface area contributed by atoms with Gasteiger partial charge in [0, 0.05) is 17.2 Å². The highest BCUT2D eigenvalue weighted by atomic mass is 32.2. The highest BCUT2D eigenvalue weighted by Crippen LogP contribution is 2.21. The summed E-state index contributed by atoms with van der Waals surface area (Å²) in [6.45, 7) is 7.19. The molecule has 0 bridgehead atoms. The minimum atomic E-state index is -0.225. The normalized spacial score (nSPS) is 14.9. The molecule has 0 spiro atoms. The van der Waals surface area contributed by atoms with E-state index in [1.165, 1.54) is 0 Å². The summed E-state index contributed by atoms with van der Waals surface area (Å²) in [6.07, 6.45) is 5.25. The van der Waals surface area contributed by atoms with Crippen molar-refractivity contribution in [3.8, 4) is 0 Å². The lowest BCUT2D eigenvalue weighted by atomic mass is 9.86. The number of oxime groups is 1. The summed E-state index contributed by atoms with van der Waals surface area (Å²) in [7, 11) is 0. The first kappa shape index (κ1) is 16.6. The van der Waals surface area contributed by atoms with Crippen LogP contribution in [0, 0.1) is 5.41 Å². The number of rotatable bonds is 9. The fourth-order valence-electron chi connectivity index (χ4n) is 1.62. The van der Waals surface area contributed by atoms with Gasteiger partial charge in [-0.3, -0.25) is 0 Å².